The zero-order valence-corrected chi connectivity index (χ0v) is 10.0. The van der Waals surface area contributed by atoms with E-state index in [9.17, 15) is 0 Å². The summed E-state index contributed by atoms with van der Waals surface area (Å²) < 4.78 is 0. The highest BCUT2D eigenvalue weighted by Crippen LogP contribution is 2.34. The number of nitrogens with one attached hydrogen (secondary N) is 1. The van der Waals surface area contributed by atoms with Crippen molar-refractivity contribution in [1.82, 2.24) is 4.98 Å². The second-order valence-electron chi connectivity index (χ2n) is 3.93. The van der Waals surface area contributed by atoms with Gasteiger partial charge in [-0.25, -0.2) is 4.98 Å². The van der Waals surface area contributed by atoms with Crippen molar-refractivity contribution in [3.63, 3.8) is 0 Å². The van der Waals surface area contributed by atoms with Crippen LogP contribution in [0, 0.1) is 0 Å². The van der Waals surface area contributed by atoms with Gasteiger partial charge < -0.3 is 5.32 Å². The molecule has 0 aromatic carbocycles. The van der Waals surface area contributed by atoms with Gasteiger partial charge in [0.05, 0.1) is 0 Å². The van der Waals surface area contributed by atoms with Crippen molar-refractivity contribution in [2.24, 2.45) is 0 Å². The van der Waals surface area contributed by atoms with E-state index in [0.717, 1.165) is 17.6 Å². The zero-order chi connectivity index (χ0) is 10.5. The Bertz CT molecular complexity index is 308. The van der Waals surface area contributed by atoms with E-state index in [1.54, 1.807) is 0 Å². The smallest absolute Gasteiger partial charge is 0.126 e. The minimum absolute atomic E-state index is 0.835. The average Bonchev–Trinajstić information content (AvgIpc) is 2.71. The lowest BCUT2D eigenvalue weighted by Gasteiger charge is -2.09. The summed E-state index contributed by atoms with van der Waals surface area (Å²) in [7, 11) is 0. The van der Waals surface area contributed by atoms with Crippen LogP contribution in [0.5, 0.6) is 0 Å². The first-order chi connectivity index (χ1) is 7.38. The summed E-state index contributed by atoms with van der Waals surface area (Å²) >= 11 is 2.01. The van der Waals surface area contributed by atoms with Crippen molar-refractivity contribution in [3.05, 3.63) is 18.3 Å². The lowest BCUT2D eigenvalue weighted by Crippen LogP contribution is -1.99. The summed E-state index contributed by atoms with van der Waals surface area (Å²) in [5, 5.41) is 4.08. The monoisotopic (exact) mass is 222 g/mol. The molecule has 1 aliphatic carbocycles. The SMILES string of the molecule is CCNc1cc(SC2CCCC2)ccn1. The Hall–Kier alpha value is -0.700. The third kappa shape index (κ3) is 3.13. The first-order valence-corrected chi connectivity index (χ1v) is 6.63. The normalized spacial score (nSPS) is 16.9. The van der Waals surface area contributed by atoms with Gasteiger partial charge in [-0.1, -0.05) is 12.8 Å². The Labute approximate surface area is 95.9 Å². The first-order valence-electron chi connectivity index (χ1n) is 5.75. The Balaban J connectivity index is 1.97. The number of hydrogen-bond donors (Lipinski definition) is 1. The van der Waals surface area contributed by atoms with Gasteiger partial charge in [-0.05, 0) is 31.9 Å². The van der Waals surface area contributed by atoms with Crippen molar-refractivity contribution < 1.29 is 0 Å². The molecular weight excluding hydrogens is 204 g/mol. The minimum atomic E-state index is 0.835. The van der Waals surface area contributed by atoms with Gasteiger partial charge in [-0.3, -0.25) is 0 Å². The molecule has 3 heteroatoms. The van der Waals surface area contributed by atoms with E-state index in [4.69, 9.17) is 0 Å². The Morgan fingerprint density at radius 3 is 3.00 bits per heavy atom. The van der Waals surface area contributed by atoms with E-state index in [1.807, 2.05) is 18.0 Å². The molecule has 0 amide bonds. The number of nitrogens with zero attached hydrogens (tertiary/aromatic N) is 1. The van der Waals surface area contributed by atoms with Crippen molar-refractivity contribution >= 4 is 17.6 Å². The fourth-order valence-corrected chi connectivity index (χ4v) is 3.23. The van der Waals surface area contributed by atoms with Gasteiger partial charge in [0.25, 0.3) is 0 Å². The van der Waals surface area contributed by atoms with Crippen LogP contribution in [0.1, 0.15) is 32.6 Å². The van der Waals surface area contributed by atoms with Crippen molar-refractivity contribution in [3.8, 4) is 0 Å². The number of rotatable bonds is 4. The van der Waals surface area contributed by atoms with Crippen LogP contribution in [0.3, 0.4) is 0 Å². The highest BCUT2D eigenvalue weighted by atomic mass is 32.2. The van der Waals surface area contributed by atoms with E-state index in [1.165, 1.54) is 30.6 Å². The largest absolute Gasteiger partial charge is 0.370 e. The van der Waals surface area contributed by atoms with E-state index in [-0.39, 0.29) is 0 Å². The Morgan fingerprint density at radius 1 is 1.47 bits per heavy atom. The fourth-order valence-electron chi connectivity index (χ4n) is 1.96. The van der Waals surface area contributed by atoms with Gasteiger partial charge >= 0.3 is 0 Å². The Kier molecular flexibility index (Phi) is 3.89. The van der Waals surface area contributed by atoms with Crippen LogP contribution in [-0.2, 0) is 0 Å². The van der Waals surface area contributed by atoms with E-state index >= 15 is 0 Å². The Morgan fingerprint density at radius 2 is 2.27 bits per heavy atom. The topological polar surface area (TPSA) is 24.9 Å². The summed E-state index contributed by atoms with van der Waals surface area (Å²) in [6, 6.07) is 4.27. The van der Waals surface area contributed by atoms with Crippen LogP contribution in [0.25, 0.3) is 0 Å². The molecule has 0 saturated heterocycles. The van der Waals surface area contributed by atoms with Crippen LogP contribution < -0.4 is 5.32 Å². The molecule has 2 rings (SSSR count). The van der Waals surface area contributed by atoms with Gasteiger partial charge in [-0.2, -0.15) is 0 Å². The molecule has 82 valence electrons. The van der Waals surface area contributed by atoms with Crippen molar-refractivity contribution in [1.29, 1.82) is 0 Å². The second-order valence-corrected chi connectivity index (χ2v) is 5.31. The molecule has 1 N–H and O–H groups in total. The summed E-state index contributed by atoms with van der Waals surface area (Å²) in [5.41, 5.74) is 0. The molecular formula is C12H18N2S. The molecule has 0 aliphatic heterocycles. The lowest BCUT2D eigenvalue weighted by atomic mass is 10.4. The molecule has 1 aromatic rings. The average molecular weight is 222 g/mol. The predicted molar refractivity (Wildman–Crippen MR) is 66.5 cm³/mol. The third-order valence-electron chi connectivity index (χ3n) is 2.69. The standard InChI is InChI=1S/C12H18N2S/c1-2-13-12-9-11(7-8-14-12)15-10-5-3-4-6-10/h7-10H,2-6H2,1H3,(H,13,14). The maximum atomic E-state index is 4.28. The molecule has 1 aromatic heterocycles. The van der Waals surface area contributed by atoms with Gasteiger partial charge in [0, 0.05) is 22.9 Å². The quantitative estimate of drug-likeness (QED) is 0.843. The number of pyridine rings is 1. The van der Waals surface area contributed by atoms with E-state index in [0.29, 0.717) is 0 Å². The number of aromatic nitrogens is 1. The second kappa shape index (κ2) is 5.40. The van der Waals surface area contributed by atoms with Gasteiger partial charge in [0.15, 0.2) is 0 Å². The molecule has 0 radical (unpaired) electrons. The van der Waals surface area contributed by atoms with Crippen molar-refractivity contribution in [2.45, 2.75) is 42.8 Å². The predicted octanol–water partition coefficient (Wildman–Crippen LogP) is 3.55. The number of hydrogen-bond acceptors (Lipinski definition) is 3. The molecule has 2 nitrogen and oxygen atoms in total. The van der Waals surface area contributed by atoms with Crippen molar-refractivity contribution in [2.75, 3.05) is 11.9 Å². The lowest BCUT2D eigenvalue weighted by molar-refractivity contribution is 0.886. The maximum absolute atomic E-state index is 4.28. The van der Waals surface area contributed by atoms with Crippen LogP contribution in [-0.4, -0.2) is 16.8 Å². The summed E-state index contributed by atoms with van der Waals surface area (Å²) in [4.78, 5) is 5.63. The van der Waals surface area contributed by atoms with Gasteiger partial charge in [0.2, 0.25) is 0 Å². The van der Waals surface area contributed by atoms with E-state index < -0.39 is 0 Å². The number of anilines is 1. The number of thioether (sulfide) groups is 1. The molecule has 1 fully saturated rings. The van der Waals surface area contributed by atoms with Gasteiger partial charge in [0.1, 0.15) is 5.82 Å². The molecule has 1 saturated carbocycles. The summed E-state index contributed by atoms with van der Waals surface area (Å²) in [5.74, 6) is 1.00. The molecule has 0 bridgehead atoms. The van der Waals surface area contributed by atoms with Gasteiger partial charge in [-0.15, -0.1) is 11.8 Å². The molecule has 0 atom stereocenters. The maximum Gasteiger partial charge on any atom is 0.126 e. The molecule has 1 aliphatic rings. The zero-order valence-electron chi connectivity index (χ0n) is 9.20. The molecule has 0 spiro atoms. The molecule has 0 unspecified atom stereocenters. The van der Waals surface area contributed by atoms with Crippen LogP contribution in [0.15, 0.2) is 23.2 Å². The highest BCUT2D eigenvalue weighted by molar-refractivity contribution is 8.00. The molecule has 1 heterocycles. The third-order valence-corrected chi connectivity index (χ3v) is 4.03. The fraction of sp³-hybridized carbons (Fsp3) is 0.583. The van der Waals surface area contributed by atoms with Crippen LogP contribution in [0.4, 0.5) is 5.82 Å². The van der Waals surface area contributed by atoms with Crippen LogP contribution in [0.2, 0.25) is 0 Å². The minimum Gasteiger partial charge on any atom is -0.370 e. The highest BCUT2D eigenvalue weighted by Gasteiger charge is 2.16. The first kappa shape index (κ1) is 10.8. The van der Waals surface area contributed by atoms with Crippen LogP contribution >= 0.6 is 11.8 Å². The molecule has 15 heavy (non-hydrogen) atoms. The summed E-state index contributed by atoms with van der Waals surface area (Å²) in [6.45, 7) is 3.03. The summed E-state index contributed by atoms with van der Waals surface area (Å²) in [6.07, 6.45) is 7.47. The van der Waals surface area contributed by atoms with E-state index in [2.05, 4.69) is 29.4 Å².